The summed E-state index contributed by atoms with van der Waals surface area (Å²) < 4.78 is 0. The van der Waals surface area contributed by atoms with Crippen molar-refractivity contribution < 1.29 is 5.03 Å². The summed E-state index contributed by atoms with van der Waals surface area (Å²) in [5, 5.41) is 8.99. The molecule has 0 bridgehead atoms. The first-order chi connectivity index (χ1) is 5.16. The lowest BCUT2D eigenvalue weighted by Gasteiger charge is -1.94. The van der Waals surface area contributed by atoms with Crippen molar-refractivity contribution in [3.8, 4) is 0 Å². The largest absolute Gasteiger partial charge is 0.365 e. The van der Waals surface area contributed by atoms with Crippen LogP contribution < -0.4 is 11.2 Å². The third-order valence-electron chi connectivity index (χ3n) is 0.780. The van der Waals surface area contributed by atoms with Crippen LogP contribution in [0, 0.1) is 10.1 Å². The van der Waals surface area contributed by atoms with Crippen molar-refractivity contribution in [3.63, 3.8) is 0 Å². The fourth-order valence-electron chi connectivity index (χ4n) is 0.388. The zero-order valence-electron chi connectivity index (χ0n) is 5.79. The van der Waals surface area contributed by atoms with E-state index in [0.717, 1.165) is 0 Å². The Balaban J connectivity index is 3.54. The molecule has 0 unspecified atom stereocenters. The second-order valence-electron chi connectivity index (χ2n) is 1.68. The van der Waals surface area contributed by atoms with E-state index in [-0.39, 0.29) is 5.96 Å². The summed E-state index contributed by atoms with van der Waals surface area (Å²) in [5.74, 6) is 0.273. The van der Waals surface area contributed by atoms with Crippen LogP contribution in [0.5, 0.6) is 0 Å². The van der Waals surface area contributed by atoms with Crippen molar-refractivity contribution in [2.24, 2.45) is 10.7 Å². The van der Waals surface area contributed by atoms with Gasteiger partial charge in [0.05, 0.1) is 0 Å². The summed E-state index contributed by atoms with van der Waals surface area (Å²) in [4.78, 5) is 13.4. The highest BCUT2D eigenvalue weighted by Gasteiger charge is 1.96. The zero-order valence-corrected chi connectivity index (χ0v) is 6.54. The molecule has 0 spiro atoms. The van der Waals surface area contributed by atoms with Gasteiger partial charge in [0.1, 0.15) is 0 Å². The smallest absolute Gasteiger partial charge is 0.251 e. The Kier molecular flexibility index (Phi) is 5.18. The van der Waals surface area contributed by atoms with Crippen LogP contribution in [0.2, 0.25) is 0 Å². The number of rotatable bonds is 4. The molecule has 0 aromatic carbocycles. The van der Waals surface area contributed by atoms with Gasteiger partial charge in [-0.25, -0.2) is 15.1 Å². The topological polar surface area (TPSA) is 93.5 Å². The van der Waals surface area contributed by atoms with Gasteiger partial charge in [-0.2, -0.15) is 0 Å². The summed E-state index contributed by atoms with van der Waals surface area (Å²) in [6.45, 7) is 0.399. The van der Waals surface area contributed by atoms with Crippen molar-refractivity contribution in [1.29, 1.82) is 0 Å². The van der Waals surface area contributed by atoms with Gasteiger partial charge >= 0.3 is 0 Å². The van der Waals surface area contributed by atoms with Crippen LogP contribution in [-0.2, 0) is 0 Å². The highest BCUT2D eigenvalue weighted by atomic mass is 35.5. The summed E-state index contributed by atoms with van der Waals surface area (Å²) in [6, 6.07) is 0. The Morgan fingerprint density at radius 3 is 2.91 bits per heavy atom. The van der Waals surface area contributed by atoms with Gasteiger partial charge in [0.25, 0.3) is 5.96 Å². The molecule has 0 rings (SSSR count). The lowest BCUT2D eigenvalue weighted by Crippen LogP contribution is -2.36. The molecule has 0 aliphatic rings. The molecule has 0 saturated carbocycles. The van der Waals surface area contributed by atoms with Crippen LogP contribution in [0.25, 0.3) is 0 Å². The van der Waals surface area contributed by atoms with Crippen LogP contribution in [-0.4, -0.2) is 23.4 Å². The number of nitrogens with zero attached hydrogens (tertiary/aromatic N) is 2. The minimum Gasteiger partial charge on any atom is -0.365 e. The SMILES string of the molecule is NC(=NCCCCl)N[N+](=O)[O-]. The molecule has 0 aromatic rings. The Hall–Kier alpha value is -1.04. The molecule has 11 heavy (non-hydrogen) atoms. The minimum absolute atomic E-state index is 0.194. The predicted octanol–water partition coefficient (Wildman–Crippen LogP) is -0.289. The second kappa shape index (κ2) is 5.72. The van der Waals surface area contributed by atoms with Crippen molar-refractivity contribution in [2.45, 2.75) is 6.42 Å². The number of guanidine groups is 1. The summed E-state index contributed by atoms with van der Waals surface area (Å²) in [7, 11) is 0. The number of aliphatic imine (C=N–C) groups is 1. The molecule has 3 N–H and O–H groups in total. The third kappa shape index (κ3) is 6.85. The molecule has 7 heteroatoms. The number of nitrogens with two attached hydrogens (primary N) is 1. The van der Waals surface area contributed by atoms with E-state index in [2.05, 4.69) is 4.99 Å². The third-order valence-corrected chi connectivity index (χ3v) is 1.05. The highest BCUT2D eigenvalue weighted by molar-refractivity contribution is 6.17. The van der Waals surface area contributed by atoms with E-state index >= 15 is 0 Å². The van der Waals surface area contributed by atoms with Gasteiger partial charge in [-0.05, 0) is 6.42 Å². The van der Waals surface area contributed by atoms with Crippen LogP contribution in [0.15, 0.2) is 4.99 Å². The van der Waals surface area contributed by atoms with Crippen LogP contribution in [0.1, 0.15) is 6.42 Å². The summed E-state index contributed by atoms with van der Waals surface area (Å²) >= 11 is 5.33. The number of alkyl halides is 1. The summed E-state index contributed by atoms with van der Waals surface area (Å²) in [5.41, 5.74) is 6.78. The van der Waals surface area contributed by atoms with E-state index in [9.17, 15) is 10.1 Å². The molecule has 0 heterocycles. The molecule has 0 saturated heterocycles. The maximum Gasteiger partial charge on any atom is 0.251 e. The quantitative estimate of drug-likeness (QED) is 0.155. The molecule has 0 aliphatic heterocycles. The van der Waals surface area contributed by atoms with Crippen molar-refractivity contribution in [2.75, 3.05) is 12.4 Å². The van der Waals surface area contributed by atoms with Gasteiger partial charge in [-0.1, -0.05) is 5.43 Å². The van der Waals surface area contributed by atoms with E-state index in [1.54, 1.807) is 5.43 Å². The summed E-state index contributed by atoms with van der Waals surface area (Å²) in [6.07, 6.45) is 0.654. The molecule has 0 radical (unpaired) electrons. The number of hydrogen-bond acceptors (Lipinski definition) is 3. The average Bonchev–Trinajstić information content (AvgIpc) is 1.86. The normalized spacial score (nSPS) is 11.2. The molecule has 0 atom stereocenters. The number of halogens is 1. The van der Waals surface area contributed by atoms with E-state index in [0.29, 0.717) is 18.8 Å². The van der Waals surface area contributed by atoms with Gasteiger partial charge in [-0.3, -0.25) is 0 Å². The molecule has 0 aliphatic carbocycles. The van der Waals surface area contributed by atoms with Crippen molar-refractivity contribution in [1.82, 2.24) is 5.43 Å². The van der Waals surface area contributed by atoms with Gasteiger partial charge in [0, 0.05) is 12.4 Å². The van der Waals surface area contributed by atoms with Gasteiger partial charge in [0.2, 0.25) is 0 Å². The monoisotopic (exact) mass is 180 g/mol. The first-order valence-corrected chi connectivity index (χ1v) is 3.47. The molecule has 6 nitrogen and oxygen atoms in total. The first-order valence-electron chi connectivity index (χ1n) is 2.93. The van der Waals surface area contributed by atoms with Crippen molar-refractivity contribution in [3.05, 3.63) is 10.1 Å². The second-order valence-corrected chi connectivity index (χ2v) is 2.06. The lowest BCUT2D eigenvalue weighted by atomic mass is 10.5. The van der Waals surface area contributed by atoms with Crippen molar-refractivity contribution >= 4 is 17.6 Å². The molecule has 0 amide bonds. The Morgan fingerprint density at radius 1 is 1.82 bits per heavy atom. The van der Waals surface area contributed by atoms with Crippen LogP contribution in [0.4, 0.5) is 0 Å². The van der Waals surface area contributed by atoms with Crippen LogP contribution >= 0.6 is 11.6 Å². The Labute approximate surface area is 68.5 Å². The maximum absolute atomic E-state index is 9.75. The molecule has 0 fully saturated rings. The highest BCUT2D eigenvalue weighted by Crippen LogP contribution is 1.83. The molecule has 64 valence electrons. The van der Waals surface area contributed by atoms with Gasteiger partial charge in [0.15, 0.2) is 5.03 Å². The molecular weight excluding hydrogens is 172 g/mol. The zero-order chi connectivity index (χ0) is 8.69. The number of nitrogens with one attached hydrogen (secondary N) is 1. The minimum atomic E-state index is -0.764. The Morgan fingerprint density at radius 2 is 2.45 bits per heavy atom. The number of nitro groups is 1. The molecular formula is C4H9ClN4O2. The lowest BCUT2D eigenvalue weighted by molar-refractivity contribution is -0.525. The van der Waals surface area contributed by atoms with Gasteiger partial charge in [-0.15, -0.1) is 11.6 Å². The fourth-order valence-corrected chi connectivity index (χ4v) is 0.508. The fraction of sp³-hybridized carbons (Fsp3) is 0.750. The van der Waals surface area contributed by atoms with E-state index in [1.807, 2.05) is 0 Å². The van der Waals surface area contributed by atoms with Gasteiger partial charge < -0.3 is 5.73 Å². The van der Waals surface area contributed by atoms with E-state index in [1.165, 1.54) is 0 Å². The predicted molar refractivity (Wildman–Crippen MR) is 42.0 cm³/mol. The first kappa shape index (κ1) is 9.96. The molecule has 0 aromatic heterocycles. The Bertz CT molecular complexity index is 160. The number of hydrogen-bond donors (Lipinski definition) is 2. The van der Waals surface area contributed by atoms with E-state index in [4.69, 9.17) is 17.3 Å². The average molecular weight is 181 g/mol. The number of hydrazine groups is 1. The maximum atomic E-state index is 9.75. The standard InChI is InChI=1S/C4H9ClN4O2/c5-2-1-3-7-4(6)8-9(10)11/h1-3H2,(H3,6,7,8). The van der Waals surface area contributed by atoms with Crippen LogP contribution in [0.3, 0.4) is 0 Å². The van der Waals surface area contributed by atoms with E-state index < -0.39 is 5.03 Å².